The van der Waals surface area contributed by atoms with Crippen LogP contribution in [0.5, 0.6) is 0 Å². The van der Waals surface area contributed by atoms with E-state index in [0.717, 1.165) is 37.8 Å². The molecule has 0 unspecified atom stereocenters. The van der Waals surface area contributed by atoms with Crippen LogP contribution in [0.3, 0.4) is 0 Å². The third-order valence-corrected chi connectivity index (χ3v) is 4.66. The smallest absolute Gasteiger partial charge is 0.140 e. The van der Waals surface area contributed by atoms with Crippen molar-refractivity contribution in [1.29, 1.82) is 0 Å². The Balaban J connectivity index is 1.88. The van der Waals surface area contributed by atoms with Crippen LogP contribution in [0.25, 0.3) is 0 Å². The first-order valence-electron chi connectivity index (χ1n) is 7.91. The number of nitrogens with two attached hydrogens (primary N) is 1. The summed E-state index contributed by atoms with van der Waals surface area (Å²) in [5.74, 6) is 1.87. The molecule has 1 fully saturated rings. The molecule has 0 amide bonds. The summed E-state index contributed by atoms with van der Waals surface area (Å²) < 4.78 is 0. The Labute approximate surface area is 122 Å². The standard InChI is InChI=1S/C18H27NO/c1-13(2)16-7-3-14(4-8-16)11-18(20)17-9-5-15(12-19)6-10-17/h3-4,7-8,13,15,17H,5-6,9-12,19H2,1-2H3. The molecule has 0 heterocycles. The van der Waals surface area contributed by atoms with Gasteiger partial charge in [-0.2, -0.15) is 0 Å². The van der Waals surface area contributed by atoms with Crippen LogP contribution in [0.2, 0.25) is 0 Å². The van der Waals surface area contributed by atoms with Gasteiger partial charge in [-0.1, -0.05) is 38.1 Å². The number of rotatable bonds is 5. The average Bonchev–Trinajstić information content (AvgIpc) is 2.48. The molecule has 2 rings (SSSR count). The van der Waals surface area contributed by atoms with Crippen LogP contribution in [-0.4, -0.2) is 12.3 Å². The van der Waals surface area contributed by atoms with E-state index < -0.39 is 0 Å². The number of carbonyl (C=O) groups is 1. The van der Waals surface area contributed by atoms with Gasteiger partial charge in [0, 0.05) is 12.3 Å². The van der Waals surface area contributed by atoms with Gasteiger partial charge in [-0.25, -0.2) is 0 Å². The van der Waals surface area contributed by atoms with Crippen molar-refractivity contribution in [3.63, 3.8) is 0 Å². The number of hydrogen-bond acceptors (Lipinski definition) is 2. The van der Waals surface area contributed by atoms with Gasteiger partial charge in [-0.05, 0) is 55.2 Å². The highest BCUT2D eigenvalue weighted by Crippen LogP contribution is 2.29. The number of ketones is 1. The predicted octanol–water partition coefficient (Wildman–Crippen LogP) is 3.69. The minimum Gasteiger partial charge on any atom is -0.330 e. The molecule has 110 valence electrons. The summed E-state index contributed by atoms with van der Waals surface area (Å²) in [7, 11) is 0. The molecule has 1 aromatic rings. The highest BCUT2D eigenvalue weighted by Gasteiger charge is 2.25. The van der Waals surface area contributed by atoms with Crippen LogP contribution in [0, 0.1) is 11.8 Å². The first-order valence-corrected chi connectivity index (χ1v) is 7.91. The van der Waals surface area contributed by atoms with E-state index in [1.165, 1.54) is 5.56 Å². The van der Waals surface area contributed by atoms with Crippen molar-refractivity contribution in [1.82, 2.24) is 0 Å². The molecule has 1 aliphatic carbocycles. The Morgan fingerprint density at radius 2 is 1.75 bits per heavy atom. The van der Waals surface area contributed by atoms with Gasteiger partial charge in [0.2, 0.25) is 0 Å². The fraction of sp³-hybridized carbons (Fsp3) is 0.611. The molecule has 0 radical (unpaired) electrons. The molecule has 0 spiro atoms. The van der Waals surface area contributed by atoms with Gasteiger partial charge >= 0.3 is 0 Å². The maximum atomic E-state index is 12.4. The number of Topliss-reactive ketones (excluding diaryl/α,β-unsaturated/α-hetero) is 1. The average molecular weight is 273 g/mol. The summed E-state index contributed by atoms with van der Waals surface area (Å²) in [6.07, 6.45) is 4.91. The van der Waals surface area contributed by atoms with Gasteiger partial charge in [0.05, 0.1) is 0 Å². The molecule has 1 aliphatic rings. The van der Waals surface area contributed by atoms with Gasteiger partial charge < -0.3 is 5.73 Å². The van der Waals surface area contributed by atoms with Gasteiger partial charge in [0.25, 0.3) is 0 Å². The Hall–Kier alpha value is -1.15. The molecule has 20 heavy (non-hydrogen) atoms. The van der Waals surface area contributed by atoms with Crippen molar-refractivity contribution in [3.05, 3.63) is 35.4 Å². The monoisotopic (exact) mass is 273 g/mol. The number of benzene rings is 1. The first kappa shape index (κ1) is 15.2. The quantitative estimate of drug-likeness (QED) is 0.889. The largest absolute Gasteiger partial charge is 0.330 e. The topological polar surface area (TPSA) is 43.1 Å². The zero-order chi connectivity index (χ0) is 14.5. The van der Waals surface area contributed by atoms with Crippen molar-refractivity contribution < 1.29 is 4.79 Å². The van der Waals surface area contributed by atoms with Crippen LogP contribution in [0.1, 0.15) is 56.6 Å². The second-order valence-electron chi connectivity index (χ2n) is 6.49. The summed E-state index contributed by atoms with van der Waals surface area (Å²) >= 11 is 0. The van der Waals surface area contributed by atoms with Crippen molar-refractivity contribution in [3.8, 4) is 0 Å². The van der Waals surface area contributed by atoms with E-state index >= 15 is 0 Å². The van der Waals surface area contributed by atoms with Crippen LogP contribution in [0.4, 0.5) is 0 Å². The van der Waals surface area contributed by atoms with E-state index in [2.05, 4.69) is 38.1 Å². The fourth-order valence-electron chi connectivity index (χ4n) is 3.09. The summed E-state index contributed by atoms with van der Waals surface area (Å²) in [6.45, 7) is 5.16. The molecular weight excluding hydrogens is 246 g/mol. The highest BCUT2D eigenvalue weighted by atomic mass is 16.1. The van der Waals surface area contributed by atoms with Crippen LogP contribution < -0.4 is 5.73 Å². The lowest BCUT2D eigenvalue weighted by molar-refractivity contribution is -0.123. The van der Waals surface area contributed by atoms with Crippen LogP contribution in [0.15, 0.2) is 24.3 Å². The van der Waals surface area contributed by atoms with Gasteiger partial charge in [0.15, 0.2) is 0 Å². The first-order chi connectivity index (χ1) is 9.60. The third-order valence-electron chi connectivity index (χ3n) is 4.66. The molecule has 2 heteroatoms. The Bertz CT molecular complexity index is 427. The molecule has 0 aromatic heterocycles. The van der Waals surface area contributed by atoms with E-state index in [1.807, 2.05) is 0 Å². The maximum Gasteiger partial charge on any atom is 0.140 e. The normalized spacial score (nSPS) is 23.0. The van der Waals surface area contributed by atoms with E-state index in [1.54, 1.807) is 0 Å². The molecule has 1 aromatic carbocycles. The predicted molar refractivity (Wildman–Crippen MR) is 83.7 cm³/mol. The van der Waals surface area contributed by atoms with E-state index in [9.17, 15) is 4.79 Å². The van der Waals surface area contributed by atoms with Crippen molar-refractivity contribution in [2.45, 2.75) is 51.9 Å². The van der Waals surface area contributed by atoms with Gasteiger partial charge in [-0.15, -0.1) is 0 Å². The Morgan fingerprint density at radius 3 is 2.25 bits per heavy atom. The minimum atomic E-state index is 0.266. The molecule has 0 atom stereocenters. The number of carbonyl (C=O) groups excluding carboxylic acids is 1. The highest BCUT2D eigenvalue weighted by molar-refractivity contribution is 5.83. The lowest BCUT2D eigenvalue weighted by Gasteiger charge is -2.26. The van der Waals surface area contributed by atoms with E-state index in [-0.39, 0.29) is 5.92 Å². The molecule has 0 aliphatic heterocycles. The van der Waals surface area contributed by atoms with Gasteiger partial charge in [-0.3, -0.25) is 4.79 Å². The van der Waals surface area contributed by atoms with Gasteiger partial charge in [0.1, 0.15) is 5.78 Å². The molecule has 2 nitrogen and oxygen atoms in total. The number of hydrogen-bond donors (Lipinski definition) is 1. The third kappa shape index (κ3) is 3.92. The van der Waals surface area contributed by atoms with E-state index in [0.29, 0.717) is 24.0 Å². The summed E-state index contributed by atoms with van der Waals surface area (Å²) in [5, 5.41) is 0. The van der Waals surface area contributed by atoms with Crippen molar-refractivity contribution >= 4 is 5.78 Å². The Morgan fingerprint density at radius 1 is 1.15 bits per heavy atom. The van der Waals surface area contributed by atoms with E-state index in [4.69, 9.17) is 5.73 Å². The van der Waals surface area contributed by atoms with Crippen molar-refractivity contribution in [2.24, 2.45) is 17.6 Å². The second-order valence-corrected chi connectivity index (χ2v) is 6.49. The molecule has 2 N–H and O–H groups in total. The Kier molecular flexibility index (Phi) is 5.36. The summed E-state index contributed by atoms with van der Waals surface area (Å²) in [5.41, 5.74) is 8.19. The minimum absolute atomic E-state index is 0.266. The van der Waals surface area contributed by atoms with Crippen molar-refractivity contribution in [2.75, 3.05) is 6.54 Å². The lowest BCUT2D eigenvalue weighted by Crippen LogP contribution is -2.26. The molecule has 0 bridgehead atoms. The zero-order valence-electron chi connectivity index (χ0n) is 12.8. The summed E-state index contributed by atoms with van der Waals surface area (Å²) in [6, 6.07) is 8.52. The zero-order valence-corrected chi connectivity index (χ0v) is 12.8. The maximum absolute atomic E-state index is 12.4. The fourth-order valence-corrected chi connectivity index (χ4v) is 3.09. The SMILES string of the molecule is CC(C)c1ccc(CC(=O)C2CCC(CN)CC2)cc1. The van der Waals surface area contributed by atoms with Crippen LogP contribution in [-0.2, 0) is 11.2 Å². The van der Waals surface area contributed by atoms with Crippen LogP contribution >= 0.6 is 0 Å². The summed E-state index contributed by atoms with van der Waals surface area (Å²) in [4.78, 5) is 12.4. The molecular formula is C18H27NO. The second kappa shape index (κ2) is 7.03. The molecule has 1 saturated carbocycles. The molecule has 0 saturated heterocycles. The lowest BCUT2D eigenvalue weighted by atomic mass is 9.79.